The topological polar surface area (TPSA) is 102 Å². The van der Waals surface area contributed by atoms with Crippen LogP contribution < -0.4 is 10.1 Å². The van der Waals surface area contributed by atoms with Crippen molar-refractivity contribution in [2.24, 2.45) is 0 Å². The molecule has 3 rings (SSSR count). The van der Waals surface area contributed by atoms with Gasteiger partial charge in [-0.1, -0.05) is 24.6 Å². The molecule has 0 saturated carbocycles. The van der Waals surface area contributed by atoms with Crippen LogP contribution in [0.3, 0.4) is 0 Å². The zero-order valence-corrected chi connectivity index (χ0v) is 19.5. The Hall–Kier alpha value is -2.46. The molecule has 1 heterocycles. The van der Waals surface area contributed by atoms with Gasteiger partial charge in [-0.25, -0.2) is 8.42 Å². The first kappa shape index (κ1) is 24.2. The third kappa shape index (κ3) is 5.66. The number of nitrogens with one attached hydrogen (secondary N) is 1. The van der Waals surface area contributed by atoms with E-state index in [1.165, 1.54) is 22.5 Å². The van der Waals surface area contributed by atoms with Crippen molar-refractivity contribution >= 4 is 39.0 Å². The molecule has 0 atom stereocenters. The van der Waals surface area contributed by atoms with E-state index in [0.717, 1.165) is 0 Å². The molecular weight excluding hydrogens is 456 g/mol. The minimum atomic E-state index is -3.69. The second kappa shape index (κ2) is 10.4. The number of nitrogens with zero attached hydrogens (tertiary/aromatic N) is 1. The number of benzene rings is 2. The maximum atomic E-state index is 12.9. The third-order valence-corrected chi connectivity index (χ3v) is 7.14. The summed E-state index contributed by atoms with van der Waals surface area (Å²) in [5.41, 5.74) is 1.38. The van der Waals surface area contributed by atoms with Crippen molar-refractivity contribution in [3.8, 4) is 5.75 Å². The number of ketones is 1. The number of Topliss-reactive ketones (excluding diaryl/α,β-unsaturated/α-hetero) is 1. The number of ether oxygens (including phenoxy) is 2. The number of hydrogen-bond acceptors (Lipinski definition) is 6. The quantitative estimate of drug-likeness (QED) is 0.582. The first-order valence-corrected chi connectivity index (χ1v) is 12.0. The number of sulfonamides is 1. The van der Waals surface area contributed by atoms with Gasteiger partial charge in [-0.05, 0) is 42.8 Å². The minimum absolute atomic E-state index is 0.0924. The normalized spacial score (nSPS) is 14.7. The highest BCUT2D eigenvalue weighted by Crippen LogP contribution is 2.26. The molecule has 1 fully saturated rings. The van der Waals surface area contributed by atoms with Gasteiger partial charge in [-0.3, -0.25) is 9.59 Å². The molecule has 10 heteroatoms. The number of anilines is 1. The molecule has 2 aromatic carbocycles. The lowest BCUT2D eigenvalue weighted by atomic mass is 10.1. The van der Waals surface area contributed by atoms with Crippen LogP contribution in [-0.2, 0) is 19.6 Å². The van der Waals surface area contributed by atoms with Crippen LogP contribution in [0.4, 0.5) is 5.69 Å². The van der Waals surface area contributed by atoms with Crippen LogP contribution in [0.1, 0.15) is 29.3 Å². The summed E-state index contributed by atoms with van der Waals surface area (Å²) in [7, 11) is -3.69. The first-order valence-electron chi connectivity index (χ1n) is 10.2. The van der Waals surface area contributed by atoms with Gasteiger partial charge in [0, 0.05) is 30.2 Å². The van der Waals surface area contributed by atoms with Gasteiger partial charge in [0.2, 0.25) is 10.0 Å². The Morgan fingerprint density at radius 3 is 2.56 bits per heavy atom. The van der Waals surface area contributed by atoms with Gasteiger partial charge in [0.25, 0.3) is 5.91 Å². The van der Waals surface area contributed by atoms with Gasteiger partial charge in [-0.2, -0.15) is 4.31 Å². The molecule has 0 aliphatic carbocycles. The zero-order chi connectivity index (χ0) is 23.3. The fourth-order valence-electron chi connectivity index (χ4n) is 3.20. The van der Waals surface area contributed by atoms with E-state index in [1.807, 2.05) is 0 Å². The lowest BCUT2D eigenvalue weighted by molar-refractivity contribution is -0.118. The van der Waals surface area contributed by atoms with E-state index in [9.17, 15) is 18.0 Å². The largest absolute Gasteiger partial charge is 0.483 e. The second-order valence-corrected chi connectivity index (χ2v) is 9.62. The maximum absolute atomic E-state index is 12.9. The van der Waals surface area contributed by atoms with Crippen LogP contribution in [0.2, 0.25) is 5.02 Å². The number of carbonyl (C=O) groups is 2. The van der Waals surface area contributed by atoms with E-state index >= 15 is 0 Å². The average molecular weight is 481 g/mol. The SMILES string of the molecule is CCC(=O)c1cc(Cl)ccc1OCC(=O)Nc1cc(S(=O)(=O)N2CCOCC2)ccc1C. The highest BCUT2D eigenvalue weighted by atomic mass is 35.5. The molecule has 2 aromatic rings. The molecule has 32 heavy (non-hydrogen) atoms. The highest BCUT2D eigenvalue weighted by Gasteiger charge is 2.27. The predicted octanol–water partition coefficient (Wildman–Crippen LogP) is 3.28. The number of amides is 1. The van der Waals surface area contributed by atoms with Crippen LogP contribution in [0.15, 0.2) is 41.3 Å². The molecule has 0 radical (unpaired) electrons. The average Bonchev–Trinajstić information content (AvgIpc) is 2.79. The summed E-state index contributed by atoms with van der Waals surface area (Å²) in [6.45, 7) is 4.39. The summed E-state index contributed by atoms with van der Waals surface area (Å²) in [5, 5.41) is 3.08. The Labute approximate surface area is 192 Å². The highest BCUT2D eigenvalue weighted by molar-refractivity contribution is 7.89. The Bertz CT molecular complexity index is 1110. The van der Waals surface area contributed by atoms with Crippen molar-refractivity contribution in [2.75, 3.05) is 38.2 Å². The minimum Gasteiger partial charge on any atom is -0.483 e. The molecule has 0 unspecified atom stereocenters. The Morgan fingerprint density at radius 1 is 1.16 bits per heavy atom. The molecule has 1 N–H and O–H groups in total. The summed E-state index contributed by atoms with van der Waals surface area (Å²) in [5.74, 6) is -0.379. The van der Waals surface area contributed by atoms with Crippen molar-refractivity contribution in [3.63, 3.8) is 0 Å². The number of halogens is 1. The lowest BCUT2D eigenvalue weighted by Gasteiger charge is -2.26. The molecule has 1 aliphatic heterocycles. The van der Waals surface area contributed by atoms with Crippen molar-refractivity contribution in [3.05, 3.63) is 52.5 Å². The molecule has 0 bridgehead atoms. The molecule has 0 spiro atoms. The van der Waals surface area contributed by atoms with Gasteiger partial charge in [0.1, 0.15) is 5.75 Å². The van der Waals surface area contributed by atoms with Gasteiger partial charge >= 0.3 is 0 Å². The predicted molar refractivity (Wildman–Crippen MR) is 121 cm³/mol. The Balaban J connectivity index is 1.72. The first-order chi connectivity index (χ1) is 15.2. The maximum Gasteiger partial charge on any atom is 0.262 e. The van der Waals surface area contributed by atoms with Crippen molar-refractivity contribution in [1.29, 1.82) is 0 Å². The van der Waals surface area contributed by atoms with Gasteiger partial charge < -0.3 is 14.8 Å². The van der Waals surface area contributed by atoms with E-state index in [4.69, 9.17) is 21.1 Å². The molecule has 1 amide bonds. The lowest BCUT2D eigenvalue weighted by Crippen LogP contribution is -2.40. The standard InChI is InChI=1S/C22H25ClN2O6S/c1-3-20(26)18-12-16(23)5-7-21(18)31-14-22(27)24-19-13-17(6-4-15(19)2)32(28,29)25-8-10-30-11-9-25/h4-7,12-13H,3,8-11,14H2,1-2H3,(H,24,27). The van der Waals surface area contributed by atoms with E-state index < -0.39 is 15.9 Å². The van der Waals surface area contributed by atoms with E-state index in [0.29, 0.717) is 35.1 Å². The van der Waals surface area contributed by atoms with Crippen molar-refractivity contribution < 1.29 is 27.5 Å². The van der Waals surface area contributed by atoms with E-state index in [-0.39, 0.29) is 42.5 Å². The van der Waals surface area contributed by atoms with Crippen molar-refractivity contribution in [1.82, 2.24) is 4.31 Å². The van der Waals surface area contributed by atoms with Crippen LogP contribution >= 0.6 is 11.6 Å². The molecule has 8 nitrogen and oxygen atoms in total. The summed E-state index contributed by atoms with van der Waals surface area (Å²) in [6, 6.07) is 9.21. The zero-order valence-electron chi connectivity index (χ0n) is 17.9. The summed E-state index contributed by atoms with van der Waals surface area (Å²) >= 11 is 5.97. The number of carbonyl (C=O) groups excluding carboxylic acids is 2. The second-order valence-electron chi connectivity index (χ2n) is 7.25. The molecule has 1 saturated heterocycles. The molecule has 0 aromatic heterocycles. The third-order valence-electron chi connectivity index (χ3n) is 5.01. The Morgan fingerprint density at radius 2 is 1.88 bits per heavy atom. The van der Waals surface area contributed by atoms with Crippen LogP contribution in [0.5, 0.6) is 5.75 Å². The van der Waals surface area contributed by atoms with Gasteiger partial charge in [-0.15, -0.1) is 0 Å². The smallest absolute Gasteiger partial charge is 0.262 e. The van der Waals surface area contributed by atoms with Crippen LogP contribution in [0.25, 0.3) is 0 Å². The monoisotopic (exact) mass is 480 g/mol. The van der Waals surface area contributed by atoms with E-state index in [1.54, 1.807) is 32.0 Å². The van der Waals surface area contributed by atoms with Crippen LogP contribution in [-0.4, -0.2) is 57.3 Å². The van der Waals surface area contributed by atoms with E-state index in [2.05, 4.69) is 5.32 Å². The molecular formula is C22H25ClN2O6S. The van der Waals surface area contributed by atoms with Crippen LogP contribution in [0, 0.1) is 6.92 Å². The van der Waals surface area contributed by atoms with Crippen molar-refractivity contribution in [2.45, 2.75) is 25.2 Å². The van der Waals surface area contributed by atoms with Gasteiger partial charge in [0.05, 0.1) is 23.7 Å². The summed E-state index contributed by atoms with van der Waals surface area (Å²) in [6.07, 6.45) is 0.270. The molecule has 172 valence electrons. The summed E-state index contributed by atoms with van der Waals surface area (Å²) < 4.78 is 37.9. The number of aryl methyl sites for hydroxylation is 1. The fourth-order valence-corrected chi connectivity index (χ4v) is 4.81. The number of hydrogen-bond donors (Lipinski definition) is 1. The number of rotatable bonds is 8. The summed E-state index contributed by atoms with van der Waals surface area (Å²) in [4.78, 5) is 24.7. The fraction of sp³-hybridized carbons (Fsp3) is 0.364. The number of morpholine rings is 1. The molecule has 1 aliphatic rings. The Kier molecular flexibility index (Phi) is 7.89. The van der Waals surface area contributed by atoms with Gasteiger partial charge in [0.15, 0.2) is 12.4 Å².